The first kappa shape index (κ1) is 14.7. The van der Waals surface area contributed by atoms with Gasteiger partial charge in [0.2, 0.25) is 0 Å². The van der Waals surface area contributed by atoms with Crippen molar-refractivity contribution in [2.45, 2.75) is 29.9 Å². The first-order valence-corrected chi connectivity index (χ1v) is 8.50. The van der Waals surface area contributed by atoms with Gasteiger partial charge in [-0.2, -0.15) is 4.31 Å². The van der Waals surface area contributed by atoms with Crippen molar-refractivity contribution in [2.75, 3.05) is 13.1 Å². The third-order valence-corrected chi connectivity index (χ3v) is 6.69. The van der Waals surface area contributed by atoms with Gasteiger partial charge >= 0.3 is 0 Å². The zero-order chi connectivity index (χ0) is 14.0. The van der Waals surface area contributed by atoms with E-state index in [9.17, 15) is 18.5 Å². The molecule has 1 aromatic heterocycles. The van der Waals surface area contributed by atoms with Crippen molar-refractivity contribution < 1.29 is 13.3 Å². The van der Waals surface area contributed by atoms with E-state index in [4.69, 9.17) is 11.6 Å². The molecule has 0 bridgehead atoms. The van der Waals surface area contributed by atoms with E-state index < -0.39 is 14.9 Å². The number of halogens is 1. The Morgan fingerprint density at radius 2 is 1.84 bits per heavy atom. The highest BCUT2D eigenvalue weighted by molar-refractivity contribution is 7.91. The zero-order valence-corrected chi connectivity index (χ0v) is 12.4. The Balaban J connectivity index is 2.33. The lowest BCUT2D eigenvalue weighted by Gasteiger charge is -2.18. The number of hydrogen-bond acceptors (Lipinski definition) is 5. The van der Waals surface area contributed by atoms with Gasteiger partial charge < -0.3 is 0 Å². The van der Waals surface area contributed by atoms with Gasteiger partial charge in [-0.05, 0) is 12.8 Å². The number of nitro groups is 1. The number of nitrogens with zero attached hydrogens (tertiary/aromatic N) is 2. The second-order valence-electron chi connectivity index (χ2n) is 4.30. The largest absolute Gasteiger partial charge is 0.300 e. The van der Waals surface area contributed by atoms with Gasteiger partial charge in [-0.3, -0.25) is 10.1 Å². The molecule has 1 saturated heterocycles. The van der Waals surface area contributed by atoms with E-state index in [1.807, 2.05) is 0 Å². The van der Waals surface area contributed by atoms with Gasteiger partial charge in [-0.15, -0.1) is 11.3 Å². The molecule has 2 heterocycles. The second-order valence-corrected chi connectivity index (χ2v) is 8.12. The van der Waals surface area contributed by atoms with Crippen molar-refractivity contribution >= 4 is 38.6 Å². The van der Waals surface area contributed by atoms with Gasteiger partial charge in [-0.1, -0.05) is 24.4 Å². The summed E-state index contributed by atoms with van der Waals surface area (Å²) in [6, 6.07) is 1.05. The first-order valence-electron chi connectivity index (χ1n) is 5.87. The fraction of sp³-hybridized carbons (Fsp3) is 0.600. The summed E-state index contributed by atoms with van der Waals surface area (Å²) in [7, 11) is -3.66. The van der Waals surface area contributed by atoms with Gasteiger partial charge in [0.15, 0.2) is 4.34 Å². The predicted molar refractivity (Wildman–Crippen MR) is 73.2 cm³/mol. The molecule has 9 heteroatoms. The molecule has 0 saturated carbocycles. The molecular weight excluding hydrogens is 312 g/mol. The fourth-order valence-corrected chi connectivity index (χ4v) is 5.34. The van der Waals surface area contributed by atoms with E-state index in [0.717, 1.165) is 43.1 Å². The number of sulfonamides is 1. The molecule has 0 amide bonds. The van der Waals surface area contributed by atoms with Crippen LogP contribution in [-0.4, -0.2) is 30.7 Å². The van der Waals surface area contributed by atoms with Gasteiger partial charge in [0.05, 0.1) is 4.92 Å². The van der Waals surface area contributed by atoms with Gasteiger partial charge in [0.1, 0.15) is 4.21 Å². The van der Waals surface area contributed by atoms with Crippen molar-refractivity contribution in [1.82, 2.24) is 4.31 Å². The number of thiophene rings is 1. The van der Waals surface area contributed by atoms with Crippen molar-refractivity contribution in [2.24, 2.45) is 0 Å². The smallest absolute Gasteiger partial charge is 0.258 e. The van der Waals surface area contributed by atoms with Crippen LogP contribution in [0.15, 0.2) is 10.3 Å². The van der Waals surface area contributed by atoms with Gasteiger partial charge in [0.25, 0.3) is 15.7 Å². The zero-order valence-electron chi connectivity index (χ0n) is 10.0. The van der Waals surface area contributed by atoms with E-state index in [2.05, 4.69) is 0 Å². The topological polar surface area (TPSA) is 80.5 Å². The SMILES string of the molecule is O=[N+]([O-])c1cc(S(=O)(=O)N2CCCCCC2)sc1Cl. The van der Waals surface area contributed by atoms with Crippen molar-refractivity contribution in [3.05, 3.63) is 20.5 Å². The quantitative estimate of drug-likeness (QED) is 0.632. The Bertz CT molecular complexity index is 576. The summed E-state index contributed by atoms with van der Waals surface area (Å²) in [5.74, 6) is 0. The Labute approximate surface area is 120 Å². The van der Waals surface area contributed by atoms with E-state index in [1.165, 1.54) is 4.31 Å². The minimum atomic E-state index is -3.66. The van der Waals surface area contributed by atoms with Crippen molar-refractivity contribution in [3.8, 4) is 0 Å². The molecule has 1 aliphatic heterocycles. The lowest BCUT2D eigenvalue weighted by molar-refractivity contribution is -0.384. The average Bonchev–Trinajstić information content (AvgIpc) is 2.58. The Morgan fingerprint density at radius 1 is 1.26 bits per heavy atom. The summed E-state index contributed by atoms with van der Waals surface area (Å²) >= 11 is 6.46. The molecule has 0 atom stereocenters. The maximum atomic E-state index is 12.4. The molecule has 0 spiro atoms. The molecule has 0 radical (unpaired) electrons. The molecule has 1 aromatic rings. The summed E-state index contributed by atoms with van der Waals surface area (Å²) in [5, 5.41) is 10.7. The lowest BCUT2D eigenvalue weighted by atomic mass is 10.2. The third-order valence-electron chi connectivity index (χ3n) is 3.00. The highest BCUT2D eigenvalue weighted by Crippen LogP contribution is 2.37. The lowest BCUT2D eigenvalue weighted by Crippen LogP contribution is -2.31. The van der Waals surface area contributed by atoms with Crippen LogP contribution >= 0.6 is 22.9 Å². The van der Waals surface area contributed by atoms with Gasteiger partial charge in [-0.25, -0.2) is 8.42 Å². The molecule has 106 valence electrons. The minimum Gasteiger partial charge on any atom is -0.258 e. The summed E-state index contributed by atoms with van der Waals surface area (Å²) < 4.78 is 26.0. The monoisotopic (exact) mass is 324 g/mol. The maximum absolute atomic E-state index is 12.4. The summed E-state index contributed by atoms with van der Waals surface area (Å²) in [5.41, 5.74) is -0.347. The molecule has 19 heavy (non-hydrogen) atoms. The van der Waals surface area contributed by atoms with Crippen LogP contribution in [0.4, 0.5) is 5.69 Å². The van der Waals surface area contributed by atoms with Gasteiger partial charge in [0, 0.05) is 19.2 Å². The van der Waals surface area contributed by atoms with Crippen LogP contribution in [0.1, 0.15) is 25.7 Å². The predicted octanol–water partition coefficient (Wildman–Crippen LogP) is 2.87. The number of rotatable bonds is 3. The Hall–Kier alpha value is -0.700. The molecule has 0 unspecified atom stereocenters. The normalized spacial score (nSPS) is 18.2. The van der Waals surface area contributed by atoms with E-state index in [1.54, 1.807) is 0 Å². The van der Waals surface area contributed by atoms with E-state index in [0.29, 0.717) is 13.1 Å². The molecule has 0 N–H and O–H groups in total. The summed E-state index contributed by atoms with van der Waals surface area (Å²) in [6.45, 7) is 0.928. The van der Waals surface area contributed by atoms with Crippen LogP contribution in [0.25, 0.3) is 0 Å². The molecule has 0 aromatic carbocycles. The molecule has 1 aliphatic rings. The minimum absolute atomic E-state index is 0.0499. The average molecular weight is 325 g/mol. The van der Waals surface area contributed by atoms with Crippen LogP contribution in [0.3, 0.4) is 0 Å². The Morgan fingerprint density at radius 3 is 2.32 bits per heavy atom. The molecule has 0 aliphatic carbocycles. The van der Waals surface area contributed by atoms with Crippen LogP contribution in [0, 0.1) is 10.1 Å². The second kappa shape index (κ2) is 5.74. The maximum Gasteiger partial charge on any atom is 0.300 e. The van der Waals surface area contributed by atoms with Crippen molar-refractivity contribution in [3.63, 3.8) is 0 Å². The molecule has 2 rings (SSSR count). The van der Waals surface area contributed by atoms with Crippen LogP contribution in [0.2, 0.25) is 4.34 Å². The fourth-order valence-electron chi connectivity index (χ4n) is 2.00. The summed E-state index contributed by atoms with van der Waals surface area (Å²) in [4.78, 5) is 10.0. The standard InChI is InChI=1S/C10H13ClN2O4S2/c11-10-8(13(14)15)7-9(18-10)19(16,17)12-5-3-1-2-4-6-12/h7H,1-6H2. The van der Waals surface area contributed by atoms with Crippen LogP contribution < -0.4 is 0 Å². The third kappa shape index (κ3) is 3.07. The first-order chi connectivity index (χ1) is 8.93. The van der Waals surface area contributed by atoms with Crippen molar-refractivity contribution in [1.29, 1.82) is 0 Å². The highest BCUT2D eigenvalue weighted by atomic mass is 35.5. The van der Waals surface area contributed by atoms with E-state index >= 15 is 0 Å². The molecular formula is C10H13ClN2O4S2. The summed E-state index contributed by atoms with van der Waals surface area (Å²) in [6.07, 6.45) is 3.66. The molecule has 1 fully saturated rings. The van der Waals surface area contributed by atoms with E-state index in [-0.39, 0.29) is 14.2 Å². The molecule has 6 nitrogen and oxygen atoms in total. The van der Waals surface area contributed by atoms with Crippen LogP contribution in [-0.2, 0) is 10.0 Å². The van der Waals surface area contributed by atoms with Crippen LogP contribution in [0.5, 0.6) is 0 Å². The Kier molecular flexibility index (Phi) is 4.44. The number of hydrogen-bond donors (Lipinski definition) is 0. The highest BCUT2D eigenvalue weighted by Gasteiger charge is 2.30.